The van der Waals surface area contributed by atoms with Crippen LogP contribution in [0.15, 0.2) is 133 Å². The fourth-order valence-electron chi connectivity index (χ4n) is 6.64. The van der Waals surface area contributed by atoms with Crippen molar-refractivity contribution >= 4 is 41.4 Å². The second-order valence-corrected chi connectivity index (χ2v) is 15.4. The van der Waals surface area contributed by atoms with Crippen molar-refractivity contribution in [3.05, 3.63) is 167 Å². The van der Waals surface area contributed by atoms with E-state index in [1.165, 1.54) is 20.7 Å². The van der Waals surface area contributed by atoms with Crippen LogP contribution in [0.25, 0.3) is 11.1 Å². The number of aldehydes is 2. The Morgan fingerprint density at radius 2 is 0.878 bits per heavy atom. The predicted octanol–water partition coefficient (Wildman–Crippen LogP) is 5.49. The van der Waals surface area contributed by atoms with Crippen molar-refractivity contribution in [2.45, 2.75) is 0 Å². The highest BCUT2D eigenvalue weighted by Gasteiger charge is 2.49. The van der Waals surface area contributed by atoms with E-state index in [-0.39, 0.29) is 0 Å². The molecule has 1 aliphatic heterocycles. The van der Waals surface area contributed by atoms with E-state index in [9.17, 15) is 9.59 Å². The van der Waals surface area contributed by atoms with Crippen LogP contribution in [-0.4, -0.2) is 34.9 Å². The molecule has 0 N–H and O–H groups in total. The van der Waals surface area contributed by atoms with E-state index in [4.69, 9.17) is 9.47 Å². The quantitative estimate of drug-likeness (QED) is 0.136. The van der Waals surface area contributed by atoms with Crippen molar-refractivity contribution in [2.24, 2.45) is 0 Å². The molecule has 5 heteroatoms. The minimum absolute atomic E-state index is 0.607. The first-order valence-electron chi connectivity index (χ1n) is 15.8. The van der Waals surface area contributed by atoms with Crippen LogP contribution >= 0.6 is 0 Å². The zero-order valence-corrected chi connectivity index (χ0v) is 28.0. The highest BCUT2D eigenvalue weighted by molar-refractivity contribution is 7.22. The Morgan fingerprint density at radius 1 is 0.490 bits per heavy atom. The SMILES string of the molecule is COc1cc2c(cc1C#Cc1ccc(C=O)cc1)[Si](c1ccccc1)(c1ccccc1)c1cc(C#Cc3ccc(C=O)cc3)c(OC)cc1-2. The number of benzene rings is 6. The molecular weight excluding hydrogens is 621 g/mol. The summed E-state index contributed by atoms with van der Waals surface area (Å²) in [4.78, 5) is 22.4. The van der Waals surface area contributed by atoms with Gasteiger partial charge in [0.2, 0.25) is 0 Å². The highest BCUT2D eigenvalue weighted by atomic mass is 28.3. The number of rotatable bonds is 6. The Labute approximate surface area is 287 Å². The van der Waals surface area contributed by atoms with Crippen molar-refractivity contribution in [1.29, 1.82) is 0 Å². The fourth-order valence-corrected chi connectivity index (χ4v) is 11.8. The van der Waals surface area contributed by atoms with Crippen LogP contribution in [-0.2, 0) is 0 Å². The zero-order valence-electron chi connectivity index (χ0n) is 27.0. The van der Waals surface area contributed by atoms with Crippen LogP contribution in [0.4, 0.5) is 0 Å². The summed E-state index contributed by atoms with van der Waals surface area (Å²) in [6, 6.07) is 44.5. The van der Waals surface area contributed by atoms with Gasteiger partial charge in [0, 0.05) is 22.3 Å². The molecule has 0 radical (unpaired) electrons. The lowest BCUT2D eigenvalue weighted by Crippen LogP contribution is -2.72. The summed E-state index contributed by atoms with van der Waals surface area (Å²) in [5, 5.41) is 4.89. The first-order chi connectivity index (χ1) is 24.1. The number of carbonyl (C=O) groups is 2. The van der Waals surface area contributed by atoms with Crippen LogP contribution in [0, 0.1) is 23.7 Å². The molecule has 0 unspecified atom stereocenters. The smallest absolute Gasteiger partial charge is 0.180 e. The van der Waals surface area contributed by atoms with Gasteiger partial charge in [-0.05, 0) is 80.4 Å². The second kappa shape index (κ2) is 13.4. The van der Waals surface area contributed by atoms with Crippen LogP contribution in [0.2, 0.25) is 0 Å². The van der Waals surface area contributed by atoms with Crippen molar-refractivity contribution < 1.29 is 19.1 Å². The number of ether oxygens (including phenoxy) is 2. The molecule has 1 heterocycles. The van der Waals surface area contributed by atoms with E-state index in [0.717, 1.165) is 46.0 Å². The molecule has 7 rings (SSSR count). The Kier molecular flexibility index (Phi) is 8.52. The van der Waals surface area contributed by atoms with Crippen molar-refractivity contribution in [3.63, 3.8) is 0 Å². The van der Waals surface area contributed by atoms with Gasteiger partial charge in [-0.2, -0.15) is 0 Å². The minimum atomic E-state index is -2.93. The summed E-state index contributed by atoms with van der Waals surface area (Å²) in [6.45, 7) is 0. The molecule has 0 atom stereocenters. The molecule has 1 aliphatic rings. The number of methoxy groups -OCH3 is 2. The standard InChI is InChI=1S/C44H30O4Si/c1-47-41-27-39-40-28-42(48-2)36(24-22-32-15-19-34(30-46)20-16-32)26-44(40)49(37-9-5-3-6-10-37,38-11-7-4-8-12-38)43(39)25-35(41)23-21-31-13-17-33(29-45)18-14-31/h3-20,25-30H,1-2H3. The molecule has 0 amide bonds. The molecule has 0 saturated carbocycles. The van der Waals surface area contributed by atoms with Crippen LogP contribution in [0.5, 0.6) is 11.5 Å². The number of hydrogen-bond donors (Lipinski definition) is 0. The average Bonchev–Trinajstić information content (AvgIpc) is 3.45. The third kappa shape index (κ3) is 5.63. The summed E-state index contributed by atoms with van der Waals surface area (Å²) in [7, 11) is 0.411. The Balaban J connectivity index is 1.50. The van der Waals surface area contributed by atoms with E-state index < -0.39 is 8.07 Å². The van der Waals surface area contributed by atoms with Gasteiger partial charge in [0.15, 0.2) is 8.07 Å². The second-order valence-electron chi connectivity index (χ2n) is 11.7. The Morgan fingerprint density at radius 3 is 1.22 bits per heavy atom. The number of hydrogen-bond acceptors (Lipinski definition) is 4. The highest BCUT2D eigenvalue weighted by Crippen LogP contribution is 2.36. The summed E-state index contributed by atoms with van der Waals surface area (Å²) in [5.74, 6) is 14.7. The third-order valence-corrected chi connectivity index (χ3v) is 13.8. The monoisotopic (exact) mass is 650 g/mol. The van der Waals surface area contributed by atoms with Gasteiger partial charge in [-0.15, -0.1) is 0 Å². The molecule has 4 nitrogen and oxygen atoms in total. The molecule has 6 aromatic rings. The van der Waals surface area contributed by atoms with Gasteiger partial charge in [0.1, 0.15) is 24.1 Å². The lowest BCUT2D eigenvalue weighted by Gasteiger charge is -2.31. The molecule has 0 aromatic heterocycles. The van der Waals surface area contributed by atoms with E-state index in [1.54, 1.807) is 38.5 Å². The van der Waals surface area contributed by atoms with Crippen LogP contribution in [0.3, 0.4) is 0 Å². The lowest BCUT2D eigenvalue weighted by molar-refractivity contribution is 0.111. The molecule has 0 fully saturated rings. The normalized spacial score (nSPS) is 11.9. The Bertz CT molecular complexity index is 2150. The van der Waals surface area contributed by atoms with Gasteiger partial charge in [0.05, 0.1) is 25.3 Å². The molecular formula is C44H30O4Si. The molecule has 0 spiro atoms. The summed E-state index contributed by atoms with van der Waals surface area (Å²) < 4.78 is 11.9. The maximum atomic E-state index is 11.2. The first kappa shape index (κ1) is 31.2. The van der Waals surface area contributed by atoms with Gasteiger partial charge in [-0.1, -0.05) is 109 Å². The fraction of sp³-hybridized carbons (Fsp3) is 0.0455. The largest absolute Gasteiger partial charge is 0.495 e. The van der Waals surface area contributed by atoms with Crippen LogP contribution in [0.1, 0.15) is 43.0 Å². The van der Waals surface area contributed by atoms with Gasteiger partial charge >= 0.3 is 0 Å². The molecule has 6 aromatic carbocycles. The lowest BCUT2D eigenvalue weighted by atomic mass is 10.0. The van der Waals surface area contributed by atoms with Crippen molar-refractivity contribution in [3.8, 4) is 46.3 Å². The van der Waals surface area contributed by atoms with E-state index in [0.29, 0.717) is 22.6 Å². The van der Waals surface area contributed by atoms with Crippen molar-refractivity contribution in [1.82, 2.24) is 0 Å². The van der Waals surface area contributed by atoms with E-state index in [1.807, 2.05) is 24.3 Å². The third-order valence-electron chi connectivity index (χ3n) is 8.97. The van der Waals surface area contributed by atoms with Gasteiger partial charge < -0.3 is 9.47 Å². The van der Waals surface area contributed by atoms with Gasteiger partial charge in [-0.3, -0.25) is 9.59 Å². The molecule has 0 aliphatic carbocycles. The maximum absolute atomic E-state index is 11.2. The summed E-state index contributed by atoms with van der Waals surface area (Å²) in [5.41, 5.74) is 6.54. The molecule has 234 valence electrons. The van der Waals surface area contributed by atoms with E-state index in [2.05, 4.69) is 109 Å². The number of fused-ring (bicyclic) bond motifs is 3. The summed E-state index contributed by atoms with van der Waals surface area (Å²) >= 11 is 0. The first-order valence-corrected chi connectivity index (χ1v) is 17.8. The predicted molar refractivity (Wildman–Crippen MR) is 198 cm³/mol. The maximum Gasteiger partial charge on any atom is 0.180 e. The average molecular weight is 651 g/mol. The molecule has 49 heavy (non-hydrogen) atoms. The number of carbonyl (C=O) groups excluding carboxylic acids is 2. The topological polar surface area (TPSA) is 52.6 Å². The zero-order chi connectivity index (χ0) is 33.8. The van der Waals surface area contributed by atoms with Gasteiger partial charge in [-0.25, -0.2) is 0 Å². The van der Waals surface area contributed by atoms with Crippen LogP contribution < -0.4 is 30.2 Å². The summed E-state index contributed by atoms with van der Waals surface area (Å²) in [6.07, 6.45) is 1.65. The van der Waals surface area contributed by atoms with Crippen molar-refractivity contribution in [2.75, 3.05) is 14.2 Å². The van der Waals surface area contributed by atoms with Gasteiger partial charge in [0.25, 0.3) is 0 Å². The van der Waals surface area contributed by atoms with E-state index >= 15 is 0 Å². The minimum Gasteiger partial charge on any atom is -0.495 e. The molecule has 0 saturated heterocycles. The molecule has 0 bridgehead atoms. The Hall–Kier alpha value is -6.40.